The Morgan fingerprint density at radius 3 is 2.29 bits per heavy atom. The largest absolute Gasteiger partial charge is 0.348 e. The molecule has 0 spiro atoms. The predicted octanol–water partition coefficient (Wildman–Crippen LogP) is 3.65. The molecule has 0 aromatic heterocycles. The maximum atomic E-state index is 12.2. The van der Waals surface area contributed by atoms with E-state index in [1.807, 2.05) is 42.5 Å². The van der Waals surface area contributed by atoms with Crippen molar-refractivity contribution in [1.29, 1.82) is 0 Å². The van der Waals surface area contributed by atoms with Gasteiger partial charge < -0.3 is 10.2 Å². The summed E-state index contributed by atoms with van der Waals surface area (Å²) < 4.78 is 0. The highest BCUT2D eigenvalue weighted by Crippen LogP contribution is 2.11. The number of hydrogen-bond donors (Lipinski definition) is 1. The Morgan fingerprint density at radius 1 is 0.875 bits per heavy atom. The van der Waals surface area contributed by atoms with Gasteiger partial charge >= 0.3 is 0 Å². The van der Waals surface area contributed by atoms with E-state index in [2.05, 4.69) is 22.3 Å². The number of carbonyl (C=O) groups is 1. The second-order valence-electron chi connectivity index (χ2n) is 6.52. The minimum Gasteiger partial charge on any atom is -0.348 e. The summed E-state index contributed by atoms with van der Waals surface area (Å²) in [5.74, 6) is -0.0126. The summed E-state index contributed by atoms with van der Waals surface area (Å²) in [6, 6.07) is 18.0. The molecule has 0 unspecified atom stereocenters. The van der Waals surface area contributed by atoms with Crippen LogP contribution in [0, 0.1) is 0 Å². The molecule has 1 aliphatic heterocycles. The molecular formula is C21H26N2O. The second kappa shape index (κ2) is 8.65. The molecule has 0 radical (unpaired) electrons. The van der Waals surface area contributed by atoms with E-state index in [9.17, 15) is 4.79 Å². The van der Waals surface area contributed by atoms with Crippen molar-refractivity contribution in [1.82, 2.24) is 10.2 Å². The van der Waals surface area contributed by atoms with Gasteiger partial charge in [0.2, 0.25) is 0 Å². The maximum Gasteiger partial charge on any atom is 0.251 e. The van der Waals surface area contributed by atoms with Crippen molar-refractivity contribution in [2.45, 2.75) is 32.2 Å². The van der Waals surface area contributed by atoms with E-state index in [1.54, 1.807) is 0 Å². The van der Waals surface area contributed by atoms with Gasteiger partial charge in [-0.2, -0.15) is 0 Å². The number of piperidine rings is 1. The molecule has 2 aromatic rings. The maximum absolute atomic E-state index is 12.2. The number of nitrogens with zero attached hydrogens (tertiary/aromatic N) is 1. The zero-order chi connectivity index (χ0) is 16.6. The van der Waals surface area contributed by atoms with Gasteiger partial charge in [-0.1, -0.05) is 48.9 Å². The number of benzene rings is 2. The molecule has 1 heterocycles. The highest BCUT2D eigenvalue weighted by Gasteiger charge is 2.10. The predicted molar refractivity (Wildman–Crippen MR) is 98.0 cm³/mol. The summed E-state index contributed by atoms with van der Waals surface area (Å²) >= 11 is 0. The minimum absolute atomic E-state index is 0.0126. The lowest BCUT2D eigenvalue weighted by atomic mass is 10.1. The molecule has 0 bridgehead atoms. The van der Waals surface area contributed by atoms with Crippen LogP contribution in [0.1, 0.15) is 40.7 Å². The molecule has 1 fully saturated rings. The molecule has 0 atom stereocenters. The number of rotatable bonds is 6. The third kappa shape index (κ3) is 4.93. The number of amides is 1. The van der Waals surface area contributed by atoms with Crippen molar-refractivity contribution in [3.05, 3.63) is 71.3 Å². The minimum atomic E-state index is -0.0126. The van der Waals surface area contributed by atoms with Gasteiger partial charge in [-0.3, -0.25) is 4.79 Å². The van der Waals surface area contributed by atoms with E-state index in [4.69, 9.17) is 0 Å². The van der Waals surface area contributed by atoms with E-state index in [-0.39, 0.29) is 5.91 Å². The molecule has 1 amide bonds. The Balaban J connectivity index is 1.47. The van der Waals surface area contributed by atoms with Crippen molar-refractivity contribution in [2.24, 2.45) is 0 Å². The van der Waals surface area contributed by atoms with Crippen molar-refractivity contribution in [3.8, 4) is 0 Å². The molecule has 2 aromatic carbocycles. The lowest BCUT2D eigenvalue weighted by Crippen LogP contribution is -2.31. The summed E-state index contributed by atoms with van der Waals surface area (Å²) in [5.41, 5.74) is 3.15. The molecule has 1 saturated heterocycles. The molecule has 24 heavy (non-hydrogen) atoms. The molecule has 1 N–H and O–H groups in total. The summed E-state index contributed by atoms with van der Waals surface area (Å²) in [6.45, 7) is 4.16. The van der Waals surface area contributed by atoms with Crippen LogP contribution in [0.25, 0.3) is 0 Å². The molecule has 3 heteroatoms. The van der Waals surface area contributed by atoms with E-state index in [1.165, 1.54) is 37.9 Å². The standard InChI is InChI=1S/C21H26N2O/c24-21(22-17-19-7-3-1-4-8-19)20-11-9-18(10-12-20)13-16-23-14-5-2-6-15-23/h1,3-4,7-12H,2,5-6,13-17H2,(H,22,24). The lowest BCUT2D eigenvalue weighted by Gasteiger charge is -2.26. The highest BCUT2D eigenvalue weighted by atomic mass is 16.1. The van der Waals surface area contributed by atoms with Crippen LogP contribution < -0.4 is 5.32 Å². The second-order valence-corrected chi connectivity index (χ2v) is 6.52. The van der Waals surface area contributed by atoms with Crippen LogP contribution in [0.15, 0.2) is 54.6 Å². The fourth-order valence-electron chi connectivity index (χ4n) is 3.17. The highest BCUT2D eigenvalue weighted by molar-refractivity contribution is 5.94. The van der Waals surface area contributed by atoms with Crippen LogP contribution in [0.3, 0.4) is 0 Å². The van der Waals surface area contributed by atoms with Crippen LogP contribution in [-0.4, -0.2) is 30.4 Å². The average molecular weight is 322 g/mol. The molecule has 0 saturated carbocycles. The SMILES string of the molecule is O=C(NCc1ccccc1)c1ccc(CCN2CCCCC2)cc1. The van der Waals surface area contributed by atoms with Crippen molar-refractivity contribution < 1.29 is 4.79 Å². The number of likely N-dealkylation sites (tertiary alicyclic amines) is 1. The molecule has 0 aliphatic carbocycles. The summed E-state index contributed by atoms with van der Waals surface area (Å²) in [7, 11) is 0. The Morgan fingerprint density at radius 2 is 1.58 bits per heavy atom. The van der Waals surface area contributed by atoms with E-state index in [0.717, 1.165) is 24.1 Å². The molecule has 1 aliphatic rings. The van der Waals surface area contributed by atoms with Crippen molar-refractivity contribution in [3.63, 3.8) is 0 Å². The Labute approximate surface area is 144 Å². The quantitative estimate of drug-likeness (QED) is 0.880. The normalized spacial score (nSPS) is 15.2. The molecular weight excluding hydrogens is 296 g/mol. The summed E-state index contributed by atoms with van der Waals surface area (Å²) in [6.07, 6.45) is 5.11. The fraction of sp³-hybridized carbons (Fsp3) is 0.381. The van der Waals surface area contributed by atoms with Crippen LogP contribution in [0.4, 0.5) is 0 Å². The van der Waals surface area contributed by atoms with E-state index in [0.29, 0.717) is 6.54 Å². The number of nitrogens with one attached hydrogen (secondary N) is 1. The monoisotopic (exact) mass is 322 g/mol. The van der Waals surface area contributed by atoms with Gasteiger partial charge in [0.05, 0.1) is 0 Å². The fourth-order valence-corrected chi connectivity index (χ4v) is 3.17. The Hall–Kier alpha value is -2.13. The van der Waals surface area contributed by atoms with Crippen LogP contribution in [0.2, 0.25) is 0 Å². The van der Waals surface area contributed by atoms with Gasteiger partial charge in [0.1, 0.15) is 0 Å². The van der Waals surface area contributed by atoms with Crippen LogP contribution in [-0.2, 0) is 13.0 Å². The molecule has 3 nitrogen and oxygen atoms in total. The van der Waals surface area contributed by atoms with Gasteiger partial charge in [-0.15, -0.1) is 0 Å². The Bertz CT molecular complexity index is 631. The first-order valence-corrected chi connectivity index (χ1v) is 8.95. The first-order valence-electron chi connectivity index (χ1n) is 8.95. The van der Waals surface area contributed by atoms with Crippen molar-refractivity contribution >= 4 is 5.91 Å². The number of carbonyl (C=O) groups excluding carboxylic acids is 1. The summed E-state index contributed by atoms with van der Waals surface area (Å²) in [5, 5.41) is 2.97. The van der Waals surface area contributed by atoms with Crippen LogP contribution in [0.5, 0.6) is 0 Å². The van der Waals surface area contributed by atoms with E-state index >= 15 is 0 Å². The molecule has 126 valence electrons. The van der Waals surface area contributed by atoms with Gasteiger partial charge in [0, 0.05) is 18.7 Å². The lowest BCUT2D eigenvalue weighted by molar-refractivity contribution is 0.0951. The smallest absolute Gasteiger partial charge is 0.251 e. The zero-order valence-electron chi connectivity index (χ0n) is 14.2. The van der Waals surface area contributed by atoms with Gasteiger partial charge in [-0.05, 0) is 55.6 Å². The van der Waals surface area contributed by atoms with E-state index < -0.39 is 0 Å². The van der Waals surface area contributed by atoms with Crippen LogP contribution >= 0.6 is 0 Å². The third-order valence-electron chi connectivity index (χ3n) is 4.68. The third-order valence-corrected chi connectivity index (χ3v) is 4.68. The average Bonchev–Trinajstić information content (AvgIpc) is 2.66. The Kier molecular flexibility index (Phi) is 6.02. The summed E-state index contributed by atoms with van der Waals surface area (Å²) in [4.78, 5) is 14.8. The van der Waals surface area contributed by atoms with Crippen molar-refractivity contribution in [2.75, 3.05) is 19.6 Å². The van der Waals surface area contributed by atoms with Gasteiger partial charge in [-0.25, -0.2) is 0 Å². The first kappa shape index (κ1) is 16.7. The zero-order valence-corrected chi connectivity index (χ0v) is 14.2. The van der Waals surface area contributed by atoms with Gasteiger partial charge in [0.25, 0.3) is 5.91 Å². The topological polar surface area (TPSA) is 32.3 Å². The molecule has 3 rings (SSSR count). The van der Waals surface area contributed by atoms with Gasteiger partial charge in [0.15, 0.2) is 0 Å². The number of hydrogen-bond acceptors (Lipinski definition) is 2. The first-order chi connectivity index (χ1) is 11.8.